The maximum absolute atomic E-state index is 13.0. The molecule has 0 saturated carbocycles. The number of hydrogen-bond donors (Lipinski definition) is 1. The Morgan fingerprint density at radius 3 is 2.73 bits per heavy atom. The van der Waals surface area contributed by atoms with Crippen molar-refractivity contribution in [2.24, 2.45) is 7.05 Å². The molecule has 6 nitrogen and oxygen atoms in total. The number of halogens is 1. The van der Waals surface area contributed by atoms with Crippen molar-refractivity contribution in [3.63, 3.8) is 0 Å². The first-order valence-electron chi connectivity index (χ1n) is 8.85. The van der Waals surface area contributed by atoms with Crippen molar-refractivity contribution < 1.29 is 9.53 Å². The van der Waals surface area contributed by atoms with E-state index >= 15 is 0 Å². The van der Waals surface area contributed by atoms with Gasteiger partial charge in [0, 0.05) is 44.6 Å². The maximum atomic E-state index is 13.0. The molecule has 1 aliphatic heterocycles. The lowest BCUT2D eigenvalue weighted by molar-refractivity contribution is 0.0621. The van der Waals surface area contributed by atoms with Crippen LogP contribution in [0.1, 0.15) is 42.5 Å². The van der Waals surface area contributed by atoms with E-state index in [0.717, 1.165) is 24.5 Å². The second-order valence-corrected chi connectivity index (χ2v) is 6.48. The van der Waals surface area contributed by atoms with Crippen LogP contribution in [0.3, 0.4) is 0 Å². The van der Waals surface area contributed by atoms with Crippen LogP contribution in [0.5, 0.6) is 5.75 Å². The number of aromatic nitrogens is 2. The highest BCUT2D eigenvalue weighted by atomic mass is 35.5. The van der Waals surface area contributed by atoms with Crippen molar-refractivity contribution in [3.05, 3.63) is 48.0 Å². The number of nitrogens with zero attached hydrogens (tertiary/aromatic N) is 3. The van der Waals surface area contributed by atoms with Crippen molar-refractivity contribution in [1.29, 1.82) is 0 Å². The number of nitrogens with one attached hydrogen (secondary N) is 1. The second-order valence-electron chi connectivity index (χ2n) is 6.48. The number of ether oxygens (including phenoxy) is 1. The number of aryl methyl sites for hydroxylation is 1. The Morgan fingerprint density at radius 1 is 1.38 bits per heavy atom. The summed E-state index contributed by atoms with van der Waals surface area (Å²) in [6.07, 6.45) is 4.80. The Labute approximate surface area is 161 Å². The summed E-state index contributed by atoms with van der Waals surface area (Å²) in [5.41, 5.74) is 0.678. The molecule has 1 N–H and O–H groups in total. The summed E-state index contributed by atoms with van der Waals surface area (Å²) < 4.78 is 7.76. The Bertz CT molecular complexity index is 717. The summed E-state index contributed by atoms with van der Waals surface area (Å²) in [6, 6.07) is 7.38. The molecule has 2 unspecified atom stereocenters. The molecule has 0 bridgehead atoms. The zero-order chi connectivity index (χ0) is 17.8. The van der Waals surface area contributed by atoms with Gasteiger partial charge in [0.2, 0.25) is 0 Å². The number of carbonyl (C=O) groups excluding carboxylic acids is 1. The predicted octanol–water partition coefficient (Wildman–Crippen LogP) is 2.81. The highest BCUT2D eigenvalue weighted by Crippen LogP contribution is 2.24. The third-order valence-electron chi connectivity index (χ3n) is 4.67. The first kappa shape index (κ1) is 20.3. The molecule has 142 valence electrons. The summed E-state index contributed by atoms with van der Waals surface area (Å²) in [6.45, 7) is 6.30. The van der Waals surface area contributed by atoms with Gasteiger partial charge in [0.25, 0.3) is 5.91 Å². The van der Waals surface area contributed by atoms with Crippen molar-refractivity contribution in [2.45, 2.75) is 32.4 Å². The minimum Gasteiger partial charge on any atom is -0.491 e. The quantitative estimate of drug-likeness (QED) is 0.869. The van der Waals surface area contributed by atoms with E-state index in [2.05, 4.69) is 17.2 Å². The maximum Gasteiger partial charge on any atom is 0.254 e. The summed E-state index contributed by atoms with van der Waals surface area (Å²) in [5.74, 6) is 1.73. The number of hydrogen-bond acceptors (Lipinski definition) is 4. The van der Waals surface area contributed by atoms with Crippen molar-refractivity contribution in [3.8, 4) is 5.75 Å². The Morgan fingerprint density at radius 2 is 2.12 bits per heavy atom. The summed E-state index contributed by atoms with van der Waals surface area (Å²) >= 11 is 0. The molecule has 1 fully saturated rings. The lowest BCUT2D eigenvalue weighted by Crippen LogP contribution is -2.49. The monoisotopic (exact) mass is 378 g/mol. The number of rotatable bonds is 5. The van der Waals surface area contributed by atoms with Gasteiger partial charge in [-0.3, -0.25) is 4.79 Å². The van der Waals surface area contributed by atoms with Gasteiger partial charge in [-0.25, -0.2) is 4.98 Å². The van der Waals surface area contributed by atoms with Crippen LogP contribution >= 0.6 is 12.4 Å². The summed E-state index contributed by atoms with van der Waals surface area (Å²) in [7, 11) is 1.96. The van der Waals surface area contributed by atoms with E-state index in [9.17, 15) is 4.79 Å². The number of imidazole rings is 1. The van der Waals surface area contributed by atoms with Gasteiger partial charge < -0.3 is 19.5 Å². The molecule has 1 saturated heterocycles. The molecular formula is C19H27ClN4O2. The third-order valence-corrected chi connectivity index (χ3v) is 4.67. The SMILES string of the molecule is CCC(C)Oc1ccc(C(=O)N2CCNCC2c2nccn2C)cc1.Cl. The minimum absolute atomic E-state index is 0. The van der Waals surface area contributed by atoms with E-state index in [4.69, 9.17) is 4.74 Å². The minimum atomic E-state index is -0.0581. The van der Waals surface area contributed by atoms with Crippen LogP contribution in [0.15, 0.2) is 36.7 Å². The van der Waals surface area contributed by atoms with Crippen LogP contribution in [-0.4, -0.2) is 46.1 Å². The van der Waals surface area contributed by atoms with E-state index in [0.29, 0.717) is 18.7 Å². The topological polar surface area (TPSA) is 59.4 Å². The normalized spacial score (nSPS) is 18.1. The van der Waals surface area contributed by atoms with Gasteiger partial charge in [-0.1, -0.05) is 6.92 Å². The molecule has 0 radical (unpaired) electrons. The fourth-order valence-corrected chi connectivity index (χ4v) is 3.03. The number of carbonyl (C=O) groups is 1. The molecule has 1 aromatic carbocycles. The van der Waals surface area contributed by atoms with E-state index < -0.39 is 0 Å². The fraction of sp³-hybridized carbons (Fsp3) is 0.474. The molecular weight excluding hydrogens is 352 g/mol. The predicted molar refractivity (Wildman–Crippen MR) is 104 cm³/mol. The molecule has 3 rings (SSSR count). The van der Waals surface area contributed by atoms with Gasteiger partial charge in [0.05, 0.1) is 6.10 Å². The first-order chi connectivity index (χ1) is 12.1. The van der Waals surface area contributed by atoms with E-state index in [1.54, 1.807) is 6.20 Å². The molecule has 2 atom stereocenters. The van der Waals surface area contributed by atoms with E-state index in [1.165, 1.54) is 0 Å². The standard InChI is InChI=1S/C19H26N4O2.ClH/c1-4-14(2)25-16-7-5-15(6-8-16)19(24)23-12-9-20-13-17(23)18-21-10-11-22(18)3;/h5-8,10-11,14,17,20H,4,9,12-13H2,1-3H3;1H. The third kappa shape index (κ3) is 4.37. The van der Waals surface area contributed by atoms with Gasteiger partial charge in [0.15, 0.2) is 0 Å². The number of amides is 1. The van der Waals surface area contributed by atoms with Crippen LogP contribution in [0.25, 0.3) is 0 Å². The number of benzene rings is 1. The van der Waals surface area contributed by atoms with Crippen molar-refractivity contribution >= 4 is 18.3 Å². The van der Waals surface area contributed by atoms with Crippen LogP contribution in [-0.2, 0) is 7.05 Å². The Hall–Kier alpha value is -2.05. The average Bonchev–Trinajstić information content (AvgIpc) is 3.07. The van der Waals surface area contributed by atoms with Crippen LogP contribution in [0, 0.1) is 0 Å². The largest absolute Gasteiger partial charge is 0.491 e. The van der Waals surface area contributed by atoms with Crippen LogP contribution < -0.4 is 10.1 Å². The van der Waals surface area contributed by atoms with E-state index in [1.807, 2.05) is 53.9 Å². The summed E-state index contributed by atoms with van der Waals surface area (Å²) in [4.78, 5) is 19.4. The van der Waals surface area contributed by atoms with Gasteiger partial charge >= 0.3 is 0 Å². The smallest absolute Gasteiger partial charge is 0.254 e. The highest BCUT2D eigenvalue weighted by Gasteiger charge is 2.30. The molecule has 7 heteroatoms. The molecule has 0 aliphatic carbocycles. The zero-order valence-electron chi connectivity index (χ0n) is 15.5. The molecule has 1 aromatic heterocycles. The van der Waals surface area contributed by atoms with Crippen LogP contribution in [0.4, 0.5) is 0 Å². The molecule has 1 amide bonds. The highest BCUT2D eigenvalue weighted by molar-refractivity contribution is 5.94. The summed E-state index contributed by atoms with van der Waals surface area (Å²) in [5, 5.41) is 3.36. The van der Waals surface area contributed by atoms with Gasteiger partial charge in [0.1, 0.15) is 17.6 Å². The first-order valence-corrected chi connectivity index (χ1v) is 8.85. The average molecular weight is 379 g/mol. The van der Waals surface area contributed by atoms with Crippen molar-refractivity contribution in [2.75, 3.05) is 19.6 Å². The van der Waals surface area contributed by atoms with Gasteiger partial charge in [-0.15, -0.1) is 12.4 Å². The molecule has 2 heterocycles. The fourth-order valence-electron chi connectivity index (χ4n) is 3.03. The van der Waals surface area contributed by atoms with Gasteiger partial charge in [-0.2, -0.15) is 0 Å². The molecule has 0 spiro atoms. The van der Waals surface area contributed by atoms with E-state index in [-0.39, 0.29) is 30.5 Å². The second kappa shape index (κ2) is 9.05. The lowest BCUT2D eigenvalue weighted by atomic mass is 10.1. The molecule has 26 heavy (non-hydrogen) atoms. The lowest BCUT2D eigenvalue weighted by Gasteiger charge is -2.35. The Balaban J connectivity index is 0.00000243. The molecule has 2 aromatic rings. The van der Waals surface area contributed by atoms with Crippen LogP contribution in [0.2, 0.25) is 0 Å². The van der Waals surface area contributed by atoms with Crippen molar-refractivity contribution in [1.82, 2.24) is 19.8 Å². The molecule has 1 aliphatic rings. The zero-order valence-corrected chi connectivity index (χ0v) is 16.3. The van der Waals surface area contributed by atoms with Gasteiger partial charge in [-0.05, 0) is 37.6 Å². The Kier molecular flexibility index (Phi) is 7.06. The number of piperazine rings is 1.